The lowest BCUT2D eigenvalue weighted by atomic mass is 9.90. The average Bonchev–Trinajstić information content (AvgIpc) is 2.53. The third kappa shape index (κ3) is 3.31. The van der Waals surface area contributed by atoms with Gasteiger partial charge in [-0.15, -0.1) is 11.8 Å². The van der Waals surface area contributed by atoms with Crippen LogP contribution in [0.2, 0.25) is 5.02 Å². The number of thioether (sulfide) groups is 1. The summed E-state index contributed by atoms with van der Waals surface area (Å²) in [6.45, 7) is 0. The average molecular weight is 350 g/mol. The molecule has 2 N–H and O–H groups in total. The quantitative estimate of drug-likeness (QED) is 0.821. The molecule has 0 aliphatic heterocycles. The molecule has 3 rings (SSSR count). The first-order valence-corrected chi connectivity index (χ1v) is 8.82. The second-order valence-corrected chi connectivity index (χ2v) is 6.90. The van der Waals surface area contributed by atoms with Crippen molar-refractivity contribution in [1.82, 2.24) is 4.98 Å². The van der Waals surface area contributed by atoms with Crippen LogP contribution in [0.4, 0.5) is 0 Å². The van der Waals surface area contributed by atoms with Crippen LogP contribution in [-0.2, 0) is 18.6 Å². The third-order valence-electron chi connectivity index (χ3n) is 4.04. The van der Waals surface area contributed by atoms with Gasteiger partial charge in [-0.2, -0.15) is 0 Å². The van der Waals surface area contributed by atoms with Gasteiger partial charge in [0.25, 0.3) is 5.56 Å². The van der Waals surface area contributed by atoms with Crippen molar-refractivity contribution in [2.24, 2.45) is 0 Å². The number of aromatic amines is 1. The zero-order valence-corrected chi connectivity index (χ0v) is 14.0. The molecule has 0 saturated carbocycles. The van der Waals surface area contributed by atoms with Crippen LogP contribution in [0.25, 0.3) is 0 Å². The summed E-state index contributed by atoms with van der Waals surface area (Å²) in [5.41, 5.74) is 2.06. The van der Waals surface area contributed by atoms with Gasteiger partial charge in [0.2, 0.25) is 0 Å². The molecule has 0 amide bonds. The monoisotopic (exact) mass is 349 g/mol. The lowest BCUT2D eigenvalue weighted by molar-refractivity contribution is 0.0693. The fraction of sp³-hybridized carbons (Fsp3) is 0.294. The van der Waals surface area contributed by atoms with Gasteiger partial charge >= 0.3 is 5.97 Å². The van der Waals surface area contributed by atoms with Crippen molar-refractivity contribution in [3.05, 3.63) is 61.9 Å². The Bertz CT molecular complexity index is 816. The van der Waals surface area contributed by atoms with E-state index in [2.05, 4.69) is 4.98 Å². The van der Waals surface area contributed by atoms with E-state index in [1.165, 1.54) is 11.8 Å². The van der Waals surface area contributed by atoms with E-state index in [1.54, 1.807) is 0 Å². The summed E-state index contributed by atoms with van der Waals surface area (Å²) in [5, 5.41) is 10.8. The van der Waals surface area contributed by atoms with Gasteiger partial charge in [0, 0.05) is 10.8 Å². The molecule has 1 aromatic heterocycles. The SMILES string of the molecule is O=C(O)c1c2c(c(SCc3ccccc3Cl)[nH]c1=O)CCCC2. The number of fused-ring (bicyclic) bond motifs is 1. The molecule has 1 aliphatic rings. The van der Waals surface area contributed by atoms with E-state index in [0.29, 0.717) is 22.8 Å². The Kier molecular flexibility index (Phi) is 4.78. The van der Waals surface area contributed by atoms with Gasteiger partial charge in [-0.25, -0.2) is 4.79 Å². The van der Waals surface area contributed by atoms with Gasteiger partial charge in [-0.05, 0) is 48.4 Å². The second-order valence-electron chi connectivity index (χ2n) is 5.51. The zero-order chi connectivity index (χ0) is 16.4. The van der Waals surface area contributed by atoms with Crippen LogP contribution in [0.5, 0.6) is 0 Å². The van der Waals surface area contributed by atoms with Crippen molar-refractivity contribution in [3.63, 3.8) is 0 Å². The zero-order valence-electron chi connectivity index (χ0n) is 12.4. The maximum Gasteiger partial charge on any atom is 0.341 e. The molecule has 2 aromatic rings. The number of H-pyrrole nitrogens is 1. The molecule has 1 heterocycles. The predicted octanol–water partition coefficient (Wildman–Crippen LogP) is 3.90. The van der Waals surface area contributed by atoms with E-state index >= 15 is 0 Å². The summed E-state index contributed by atoms with van der Waals surface area (Å²) in [4.78, 5) is 26.3. The fourth-order valence-electron chi connectivity index (χ4n) is 2.92. The largest absolute Gasteiger partial charge is 0.477 e. The number of pyridine rings is 1. The first-order chi connectivity index (χ1) is 11.1. The molecular formula is C17H16ClNO3S. The minimum absolute atomic E-state index is 0.0956. The summed E-state index contributed by atoms with van der Waals surface area (Å²) in [6, 6.07) is 7.59. The number of halogens is 1. The number of benzene rings is 1. The topological polar surface area (TPSA) is 70.2 Å². The number of carboxylic acids is 1. The van der Waals surface area contributed by atoms with Crippen molar-refractivity contribution in [2.45, 2.75) is 36.5 Å². The number of rotatable bonds is 4. The highest BCUT2D eigenvalue weighted by Crippen LogP contribution is 2.33. The summed E-state index contributed by atoms with van der Waals surface area (Å²) in [6.07, 6.45) is 3.39. The van der Waals surface area contributed by atoms with Gasteiger partial charge < -0.3 is 10.1 Å². The lowest BCUT2D eigenvalue weighted by Crippen LogP contribution is -2.25. The van der Waals surface area contributed by atoms with Crippen molar-refractivity contribution in [2.75, 3.05) is 0 Å². The maximum absolute atomic E-state index is 12.2. The molecule has 4 nitrogen and oxygen atoms in total. The molecule has 0 saturated heterocycles. The minimum atomic E-state index is -1.15. The highest BCUT2D eigenvalue weighted by Gasteiger charge is 2.24. The van der Waals surface area contributed by atoms with Crippen molar-refractivity contribution >= 4 is 29.3 Å². The molecule has 0 fully saturated rings. The number of carboxylic acid groups (broad SMARTS) is 1. The summed E-state index contributed by atoms with van der Waals surface area (Å²) >= 11 is 7.67. The Morgan fingerprint density at radius 3 is 2.61 bits per heavy atom. The molecule has 6 heteroatoms. The number of aromatic nitrogens is 1. The number of aromatic carboxylic acids is 1. The molecule has 0 spiro atoms. The molecular weight excluding hydrogens is 334 g/mol. The summed E-state index contributed by atoms with van der Waals surface area (Å²) in [7, 11) is 0. The number of carbonyl (C=O) groups is 1. The highest BCUT2D eigenvalue weighted by molar-refractivity contribution is 7.98. The van der Waals surface area contributed by atoms with Crippen molar-refractivity contribution < 1.29 is 9.90 Å². The van der Waals surface area contributed by atoms with E-state index in [0.717, 1.165) is 35.4 Å². The van der Waals surface area contributed by atoms with E-state index < -0.39 is 11.5 Å². The smallest absolute Gasteiger partial charge is 0.341 e. The number of nitrogens with one attached hydrogen (secondary N) is 1. The van der Waals surface area contributed by atoms with Crippen molar-refractivity contribution in [1.29, 1.82) is 0 Å². The fourth-order valence-corrected chi connectivity index (χ4v) is 4.32. The summed E-state index contributed by atoms with van der Waals surface area (Å²) in [5.74, 6) is -0.513. The Hall–Kier alpha value is -1.72. The summed E-state index contributed by atoms with van der Waals surface area (Å²) < 4.78 is 0. The normalized spacial score (nSPS) is 13.6. The van der Waals surface area contributed by atoms with Crippen LogP contribution in [-0.4, -0.2) is 16.1 Å². The molecule has 0 radical (unpaired) electrons. The van der Waals surface area contributed by atoms with Crippen LogP contribution < -0.4 is 5.56 Å². The van der Waals surface area contributed by atoms with Gasteiger partial charge in [0.05, 0.1) is 5.03 Å². The first kappa shape index (κ1) is 16.1. The molecule has 1 aliphatic carbocycles. The molecule has 23 heavy (non-hydrogen) atoms. The second kappa shape index (κ2) is 6.81. The molecule has 120 valence electrons. The Labute approximate surface area is 142 Å². The molecule has 1 aromatic carbocycles. The van der Waals surface area contributed by atoms with E-state index in [1.807, 2.05) is 24.3 Å². The van der Waals surface area contributed by atoms with Gasteiger partial charge in [0.1, 0.15) is 5.56 Å². The van der Waals surface area contributed by atoms with Gasteiger partial charge in [-0.1, -0.05) is 29.8 Å². The van der Waals surface area contributed by atoms with E-state index in [4.69, 9.17) is 11.6 Å². The van der Waals surface area contributed by atoms with Crippen LogP contribution in [0.15, 0.2) is 34.1 Å². The van der Waals surface area contributed by atoms with Crippen LogP contribution in [0.3, 0.4) is 0 Å². The number of hydrogen-bond acceptors (Lipinski definition) is 3. The maximum atomic E-state index is 12.2. The van der Waals surface area contributed by atoms with Gasteiger partial charge in [0.15, 0.2) is 0 Å². The van der Waals surface area contributed by atoms with Crippen LogP contribution in [0.1, 0.15) is 39.9 Å². The standard InChI is InChI=1S/C17H16ClNO3S/c18-13-8-4-1-5-10(13)9-23-16-12-7-3-2-6-11(12)14(17(21)22)15(20)19-16/h1,4-5,8H,2-3,6-7,9H2,(H,19,20)(H,21,22). The first-order valence-electron chi connectivity index (χ1n) is 7.45. The van der Waals surface area contributed by atoms with E-state index in [9.17, 15) is 14.7 Å². The third-order valence-corrected chi connectivity index (χ3v) is 5.50. The minimum Gasteiger partial charge on any atom is -0.477 e. The van der Waals surface area contributed by atoms with Crippen LogP contribution in [0, 0.1) is 0 Å². The Morgan fingerprint density at radius 1 is 1.22 bits per heavy atom. The lowest BCUT2D eigenvalue weighted by Gasteiger charge is -2.20. The van der Waals surface area contributed by atoms with E-state index in [-0.39, 0.29) is 5.56 Å². The molecule has 0 unspecified atom stereocenters. The number of hydrogen-bond donors (Lipinski definition) is 2. The predicted molar refractivity (Wildman–Crippen MR) is 91.7 cm³/mol. The molecule has 0 atom stereocenters. The van der Waals surface area contributed by atoms with Crippen molar-refractivity contribution in [3.8, 4) is 0 Å². The Morgan fingerprint density at radius 2 is 1.91 bits per heavy atom. The van der Waals surface area contributed by atoms with Gasteiger partial charge in [-0.3, -0.25) is 4.79 Å². The highest BCUT2D eigenvalue weighted by atomic mass is 35.5. The Balaban J connectivity index is 1.97. The molecule has 0 bridgehead atoms. The van der Waals surface area contributed by atoms with Crippen LogP contribution >= 0.6 is 23.4 Å².